The molecule has 0 spiro atoms. The average Bonchev–Trinajstić information content (AvgIpc) is 2.92. The molecule has 0 saturated carbocycles. The van der Waals surface area contributed by atoms with Gasteiger partial charge in [-0.1, -0.05) is 0 Å². The predicted octanol–water partition coefficient (Wildman–Crippen LogP) is -5.26. The molecule has 2 heterocycles. The van der Waals surface area contributed by atoms with Crippen LogP contribution in [-0.2, 0) is 28.5 Å². The smallest absolute Gasteiger partial charge is 0.313 e. The van der Waals surface area contributed by atoms with E-state index in [1.54, 1.807) is 0 Å². The summed E-state index contributed by atoms with van der Waals surface area (Å²) in [5.41, 5.74) is 0. The lowest BCUT2D eigenvalue weighted by Gasteiger charge is -2.43. The van der Waals surface area contributed by atoms with Gasteiger partial charge in [-0.15, -0.1) is 0 Å². The van der Waals surface area contributed by atoms with E-state index >= 15 is 0 Å². The lowest BCUT2D eigenvalue weighted by atomic mass is 9.99. The van der Waals surface area contributed by atoms with Gasteiger partial charge in [0.25, 0.3) is 0 Å². The first-order valence-corrected chi connectivity index (χ1v) is 8.43. The van der Waals surface area contributed by atoms with E-state index in [-0.39, 0.29) is 6.29 Å². The Kier molecular flexibility index (Phi) is 7.81. The van der Waals surface area contributed by atoms with E-state index in [0.29, 0.717) is 0 Å². The van der Waals surface area contributed by atoms with Crippen molar-refractivity contribution < 1.29 is 64.3 Å². The number of aliphatic hydroxyl groups is 7. The van der Waals surface area contributed by atoms with Crippen LogP contribution < -0.4 is 0 Å². The summed E-state index contributed by atoms with van der Waals surface area (Å²) in [5, 5.41) is 68.6. The van der Waals surface area contributed by atoms with E-state index in [9.17, 15) is 45.3 Å². The third kappa shape index (κ3) is 4.49. The third-order valence-corrected chi connectivity index (χ3v) is 4.53. The van der Waals surface area contributed by atoms with E-state index in [2.05, 4.69) is 0 Å². The first kappa shape index (κ1) is 23.0. The summed E-state index contributed by atoms with van der Waals surface area (Å²) in [6.45, 7) is -2.37. The number of hydrogen-bond acceptors (Lipinski definition) is 13. The zero-order valence-corrected chi connectivity index (χ0v) is 14.6. The van der Waals surface area contributed by atoms with Crippen LogP contribution in [0.2, 0.25) is 0 Å². The van der Waals surface area contributed by atoms with Crippen molar-refractivity contribution in [1.82, 2.24) is 0 Å². The van der Waals surface area contributed by atoms with Crippen LogP contribution in [-0.4, -0.2) is 123 Å². The Morgan fingerprint density at radius 1 is 0.964 bits per heavy atom. The van der Waals surface area contributed by atoms with Crippen LogP contribution in [0.25, 0.3) is 0 Å². The Morgan fingerprint density at radius 3 is 2.14 bits per heavy atom. The van der Waals surface area contributed by atoms with Gasteiger partial charge in [-0.05, 0) is 0 Å². The molecule has 0 aliphatic carbocycles. The van der Waals surface area contributed by atoms with Crippen molar-refractivity contribution in [3.63, 3.8) is 0 Å². The molecule has 7 N–H and O–H groups in total. The first-order valence-electron chi connectivity index (χ1n) is 8.43. The maximum absolute atomic E-state index is 11.5. The van der Waals surface area contributed by atoms with Crippen molar-refractivity contribution >= 4 is 12.3 Å². The molecule has 0 aromatic heterocycles. The van der Waals surface area contributed by atoms with Gasteiger partial charge in [0.2, 0.25) is 5.79 Å². The zero-order chi connectivity index (χ0) is 21.1. The molecule has 0 aromatic rings. The second-order valence-electron chi connectivity index (χ2n) is 6.43. The standard InChI is InChI=1S/C15H24O13/c16-2-1-8(19)25-5-15(13(24)10(21)7(4-18)27-15)28-14-12(23)11(22)9(20)6(3-17)26-14/h2,6-7,9-14,17-18,20-24H,1,3-5H2/t6-,7-,9-,10-,11+,12-,13+,14-,15+/m1/s1. The number of aldehydes is 1. The molecular weight excluding hydrogens is 388 g/mol. The minimum absolute atomic E-state index is 0.269. The van der Waals surface area contributed by atoms with Gasteiger partial charge < -0.3 is 59.5 Å². The van der Waals surface area contributed by atoms with Gasteiger partial charge in [0, 0.05) is 0 Å². The summed E-state index contributed by atoms with van der Waals surface area (Å²) >= 11 is 0. The highest BCUT2D eigenvalue weighted by Gasteiger charge is 2.59. The topological polar surface area (TPSA) is 213 Å². The third-order valence-electron chi connectivity index (χ3n) is 4.53. The molecule has 0 amide bonds. The Bertz CT molecular complexity index is 542. The van der Waals surface area contributed by atoms with Crippen LogP contribution in [0.5, 0.6) is 0 Å². The van der Waals surface area contributed by atoms with E-state index < -0.39 is 87.0 Å². The Labute approximate surface area is 158 Å². The number of rotatable bonds is 8. The molecule has 13 heteroatoms. The van der Waals surface area contributed by atoms with Gasteiger partial charge in [-0.25, -0.2) is 0 Å². The fourth-order valence-corrected chi connectivity index (χ4v) is 2.92. The van der Waals surface area contributed by atoms with Crippen LogP contribution in [0.1, 0.15) is 6.42 Å². The Morgan fingerprint density at radius 2 is 1.61 bits per heavy atom. The van der Waals surface area contributed by atoms with Crippen molar-refractivity contribution in [2.24, 2.45) is 0 Å². The first-order chi connectivity index (χ1) is 13.2. The molecule has 2 aliphatic rings. The molecule has 2 fully saturated rings. The van der Waals surface area contributed by atoms with Gasteiger partial charge in [-0.2, -0.15) is 0 Å². The Balaban J connectivity index is 2.24. The van der Waals surface area contributed by atoms with Gasteiger partial charge >= 0.3 is 5.97 Å². The van der Waals surface area contributed by atoms with Crippen molar-refractivity contribution in [3.05, 3.63) is 0 Å². The molecule has 2 saturated heterocycles. The second kappa shape index (κ2) is 9.49. The van der Waals surface area contributed by atoms with E-state index in [0.717, 1.165) is 0 Å². The van der Waals surface area contributed by atoms with Gasteiger partial charge in [-0.3, -0.25) is 4.79 Å². The fourth-order valence-electron chi connectivity index (χ4n) is 2.92. The quantitative estimate of drug-likeness (QED) is 0.113. The predicted molar refractivity (Wildman–Crippen MR) is 83.2 cm³/mol. The summed E-state index contributed by atoms with van der Waals surface area (Å²) in [4.78, 5) is 21.9. The molecule has 9 atom stereocenters. The number of aliphatic hydroxyl groups excluding tert-OH is 7. The summed E-state index contributed by atoms with van der Waals surface area (Å²) in [7, 11) is 0. The van der Waals surface area contributed by atoms with Crippen molar-refractivity contribution in [2.45, 2.75) is 61.2 Å². The minimum atomic E-state index is -2.35. The SMILES string of the molecule is O=CCC(=O)OC[C@@]1(O[C@H]2O[C@H](CO)[C@@H](O)[C@H](O)[C@H]2O)O[C@H](CO)[C@@H](O)[C@@H]1O. The van der Waals surface area contributed by atoms with E-state index in [1.807, 2.05) is 0 Å². The number of ether oxygens (including phenoxy) is 4. The van der Waals surface area contributed by atoms with Crippen LogP contribution in [0.15, 0.2) is 0 Å². The summed E-state index contributed by atoms with van der Waals surface area (Å²) in [6.07, 6.45) is -13.8. The molecule has 13 nitrogen and oxygen atoms in total. The van der Waals surface area contributed by atoms with Crippen LogP contribution in [0.3, 0.4) is 0 Å². The number of carbonyl (C=O) groups excluding carboxylic acids is 2. The summed E-state index contributed by atoms with van der Waals surface area (Å²) < 4.78 is 20.6. The number of hydrogen-bond donors (Lipinski definition) is 7. The van der Waals surface area contributed by atoms with Gasteiger partial charge in [0.1, 0.15) is 62.0 Å². The second-order valence-corrected chi connectivity index (χ2v) is 6.43. The summed E-state index contributed by atoms with van der Waals surface area (Å²) in [6, 6.07) is 0. The highest BCUT2D eigenvalue weighted by atomic mass is 16.8. The van der Waals surface area contributed by atoms with Gasteiger partial charge in [0.15, 0.2) is 6.29 Å². The highest BCUT2D eigenvalue weighted by Crippen LogP contribution is 2.36. The normalized spacial score (nSPS) is 43.7. The highest BCUT2D eigenvalue weighted by molar-refractivity contribution is 5.83. The molecular formula is C15H24O13. The van der Waals surface area contributed by atoms with E-state index in [1.165, 1.54) is 0 Å². The summed E-state index contributed by atoms with van der Waals surface area (Å²) in [5.74, 6) is -3.36. The lowest BCUT2D eigenvalue weighted by molar-refractivity contribution is -0.383. The zero-order valence-electron chi connectivity index (χ0n) is 14.6. The van der Waals surface area contributed by atoms with E-state index in [4.69, 9.17) is 18.9 Å². The molecule has 2 aliphatic heterocycles. The van der Waals surface area contributed by atoms with Crippen molar-refractivity contribution in [2.75, 3.05) is 19.8 Å². The average molecular weight is 412 g/mol. The number of esters is 1. The van der Waals surface area contributed by atoms with Crippen LogP contribution >= 0.6 is 0 Å². The fraction of sp³-hybridized carbons (Fsp3) is 0.867. The van der Waals surface area contributed by atoms with Crippen LogP contribution in [0, 0.1) is 0 Å². The number of carbonyl (C=O) groups is 2. The van der Waals surface area contributed by atoms with Crippen molar-refractivity contribution in [3.8, 4) is 0 Å². The molecule has 162 valence electrons. The molecule has 0 bridgehead atoms. The molecule has 2 rings (SSSR count). The Hall–Kier alpha value is -1.26. The van der Waals surface area contributed by atoms with Gasteiger partial charge in [0.05, 0.1) is 13.2 Å². The van der Waals surface area contributed by atoms with Crippen LogP contribution in [0.4, 0.5) is 0 Å². The lowest BCUT2D eigenvalue weighted by Crippen LogP contribution is -2.62. The molecule has 0 unspecified atom stereocenters. The monoisotopic (exact) mass is 412 g/mol. The molecule has 0 radical (unpaired) electrons. The maximum atomic E-state index is 11.5. The largest absolute Gasteiger partial charge is 0.459 e. The molecule has 28 heavy (non-hydrogen) atoms. The maximum Gasteiger partial charge on any atom is 0.313 e. The van der Waals surface area contributed by atoms with Crippen molar-refractivity contribution in [1.29, 1.82) is 0 Å². The minimum Gasteiger partial charge on any atom is -0.459 e. The molecule has 0 aromatic carbocycles.